The second kappa shape index (κ2) is 3.19. The van der Waals surface area contributed by atoms with Crippen molar-refractivity contribution in [1.29, 1.82) is 0 Å². The summed E-state index contributed by atoms with van der Waals surface area (Å²) < 4.78 is 1.80. The molecule has 0 unspecified atom stereocenters. The standard InChI is InChI=1S/C12H10ClN3/c1-7-10-5-8-3-4-9(13)6-11(8)14-12(10)16(2)15-7/h3-6H,1-2H3. The molecule has 16 heavy (non-hydrogen) atoms. The Hall–Kier alpha value is -1.61. The van der Waals surface area contributed by atoms with Crippen LogP contribution in [0.15, 0.2) is 24.3 Å². The molecule has 2 heterocycles. The molecule has 0 aliphatic heterocycles. The van der Waals surface area contributed by atoms with Gasteiger partial charge < -0.3 is 0 Å². The fourth-order valence-electron chi connectivity index (χ4n) is 1.97. The summed E-state index contributed by atoms with van der Waals surface area (Å²) in [5, 5.41) is 7.25. The van der Waals surface area contributed by atoms with Crippen molar-refractivity contribution in [3.05, 3.63) is 35.0 Å². The Morgan fingerprint density at radius 3 is 2.88 bits per heavy atom. The molecule has 0 radical (unpaired) electrons. The smallest absolute Gasteiger partial charge is 0.158 e. The zero-order valence-electron chi connectivity index (χ0n) is 9.03. The van der Waals surface area contributed by atoms with Gasteiger partial charge in [-0.3, -0.25) is 4.68 Å². The number of aryl methyl sites for hydroxylation is 2. The number of pyridine rings is 1. The SMILES string of the molecule is Cc1nn(C)c2nc3cc(Cl)ccc3cc12. The van der Waals surface area contributed by atoms with Crippen molar-refractivity contribution in [2.75, 3.05) is 0 Å². The van der Waals surface area contributed by atoms with E-state index in [2.05, 4.69) is 16.1 Å². The van der Waals surface area contributed by atoms with E-state index in [1.807, 2.05) is 32.2 Å². The monoisotopic (exact) mass is 231 g/mol. The maximum atomic E-state index is 5.95. The summed E-state index contributed by atoms with van der Waals surface area (Å²) in [5.74, 6) is 0. The number of benzene rings is 1. The van der Waals surface area contributed by atoms with E-state index >= 15 is 0 Å². The van der Waals surface area contributed by atoms with Gasteiger partial charge in [-0.2, -0.15) is 5.10 Å². The molecular formula is C12H10ClN3. The van der Waals surface area contributed by atoms with Crippen LogP contribution in [0.25, 0.3) is 21.9 Å². The van der Waals surface area contributed by atoms with Crippen molar-refractivity contribution in [3.63, 3.8) is 0 Å². The van der Waals surface area contributed by atoms with Crippen molar-refractivity contribution in [3.8, 4) is 0 Å². The first-order chi connectivity index (χ1) is 7.65. The number of aromatic nitrogens is 3. The maximum Gasteiger partial charge on any atom is 0.158 e. The molecule has 2 aromatic heterocycles. The van der Waals surface area contributed by atoms with Crippen molar-refractivity contribution in [2.45, 2.75) is 6.92 Å². The number of hydrogen-bond acceptors (Lipinski definition) is 2. The van der Waals surface area contributed by atoms with Gasteiger partial charge in [0.25, 0.3) is 0 Å². The van der Waals surface area contributed by atoms with Crippen LogP contribution in [0, 0.1) is 6.92 Å². The average molecular weight is 232 g/mol. The number of rotatable bonds is 0. The summed E-state index contributed by atoms with van der Waals surface area (Å²) in [5.41, 5.74) is 2.80. The molecule has 3 rings (SSSR count). The van der Waals surface area contributed by atoms with E-state index in [9.17, 15) is 0 Å². The number of nitrogens with zero attached hydrogens (tertiary/aromatic N) is 3. The lowest BCUT2D eigenvalue weighted by Gasteiger charge is -1.99. The molecule has 1 aromatic carbocycles. The van der Waals surface area contributed by atoms with E-state index in [-0.39, 0.29) is 0 Å². The van der Waals surface area contributed by atoms with Gasteiger partial charge in [0.15, 0.2) is 5.65 Å². The molecule has 0 aliphatic rings. The molecule has 3 aromatic rings. The minimum Gasteiger partial charge on any atom is -0.250 e. The summed E-state index contributed by atoms with van der Waals surface area (Å²) >= 11 is 5.95. The van der Waals surface area contributed by atoms with Crippen LogP contribution >= 0.6 is 11.6 Å². The van der Waals surface area contributed by atoms with Gasteiger partial charge in [-0.05, 0) is 25.1 Å². The Bertz CT molecular complexity index is 700. The van der Waals surface area contributed by atoms with Crippen LogP contribution in [0.4, 0.5) is 0 Å². The maximum absolute atomic E-state index is 5.95. The van der Waals surface area contributed by atoms with Crippen LogP contribution in [0.3, 0.4) is 0 Å². The molecule has 0 N–H and O–H groups in total. The Kier molecular flexibility index (Phi) is 1.91. The molecule has 0 atom stereocenters. The number of hydrogen-bond donors (Lipinski definition) is 0. The zero-order valence-corrected chi connectivity index (χ0v) is 9.78. The third-order valence-corrected chi connectivity index (χ3v) is 2.99. The lowest BCUT2D eigenvalue weighted by molar-refractivity contribution is 0.775. The lowest BCUT2D eigenvalue weighted by Crippen LogP contribution is -1.92. The molecule has 0 aliphatic carbocycles. The van der Waals surface area contributed by atoms with Crippen LogP contribution in [0.5, 0.6) is 0 Å². The first kappa shape index (κ1) is 9.60. The topological polar surface area (TPSA) is 30.7 Å². The molecule has 80 valence electrons. The fraction of sp³-hybridized carbons (Fsp3) is 0.167. The highest BCUT2D eigenvalue weighted by Gasteiger charge is 2.07. The number of halogens is 1. The van der Waals surface area contributed by atoms with Crippen molar-refractivity contribution >= 4 is 33.5 Å². The van der Waals surface area contributed by atoms with Gasteiger partial charge in [-0.25, -0.2) is 4.98 Å². The highest BCUT2D eigenvalue weighted by atomic mass is 35.5. The van der Waals surface area contributed by atoms with E-state index in [1.165, 1.54) is 0 Å². The van der Waals surface area contributed by atoms with Crippen LogP contribution in [-0.2, 0) is 7.05 Å². The molecule has 3 nitrogen and oxygen atoms in total. The Morgan fingerprint density at radius 1 is 1.25 bits per heavy atom. The minimum atomic E-state index is 0.707. The molecule has 0 fully saturated rings. The van der Waals surface area contributed by atoms with E-state index in [4.69, 9.17) is 11.6 Å². The quantitative estimate of drug-likeness (QED) is 0.595. The third kappa shape index (κ3) is 1.28. The van der Waals surface area contributed by atoms with E-state index in [0.29, 0.717) is 5.02 Å². The van der Waals surface area contributed by atoms with Gasteiger partial charge >= 0.3 is 0 Å². The average Bonchev–Trinajstić information content (AvgIpc) is 2.52. The predicted octanol–water partition coefficient (Wildman–Crippen LogP) is 3.08. The highest BCUT2D eigenvalue weighted by molar-refractivity contribution is 6.31. The summed E-state index contributed by atoms with van der Waals surface area (Å²) in [6.07, 6.45) is 0. The summed E-state index contributed by atoms with van der Waals surface area (Å²) in [4.78, 5) is 4.57. The van der Waals surface area contributed by atoms with Gasteiger partial charge in [-0.15, -0.1) is 0 Å². The number of fused-ring (bicyclic) bond motifs is 2. The van der Waals surface area contributed by atoms with Crippen LogP contribution in [0.2, 0.25) is 5.02 Å². The molecule has 0 bridgehead atoms. The molecule has 0 amide bonds. The van der Waals surface area contributed by atoms with Gasteiger partial charge in [0.05, 0.1) is 11.2 Å². The second-order valence-corrected chi connectivity index (χ2v) is 4.34. The van der Waals surface area contributed by atoms with E-state index in [1.54, 1.807) is 4.68 Å². The Labute approximate surface area is 97.7 Å². The Morgan fingerprint density at radius 2 is 2.06 bits per heavy atom. The molecular weight excluding hydrogens is 222 g/mol. The van der Waals surface area contributed by atoms with Crippen molar-refractivity contribution in [2.24, 2.45) is 7.05 Å². The normalized spacial score (nSPS) is 11.4. The predicted molar refractivity (Wildman–Crippen MR) is 65.8 cm³/mol. The Balaban J connectivity index is 2.51. The second-order valence-electron chi connectivity index (χ2n) is 3.91. The largest absolute Gasteiger partial charge is 0.250 e. The molecule has 4 heteroatoms. The van der Waals surface area contributed by atoms with Crippen LogP contribution in [-0.4, -0.2) is 14.8 Å². The van der Waals surface area contributed by atoms with Gasteiger partial charge in [0.1, 0.15) is 0 Å². The van der Waals surface area contributed by atoms with Crippen LogP contribution in [0.1, 0.15) is 5.69 Å². The van der Waals surface area contributed by atoms with E-state index in [0.717, 1.165) is 27.6 Å². The molecule has 0 spiro atoms. The van der Waals surface area contributed by atoms with Crippen molar-refractivity contribution < 1.29 is 0 Å². The third-order valence-electron chi connectivity index (χ3n) is 2.76. The fourth-order valence-corrected chi connectivity index (χ4v) is 2.14. The van der Waals surface area contributed by atoms with E-state index < -0.39 is 0 Å². The van der Waals surface area contributed by atoms with Gasteiger partial charge in [-0.1, -0.05) is 17.7 Å². The minimum absolute atomic E-state index is 0.707. The first-order valence-electron chi connectivity index (χ1n) is 5.05. The lowest BCUT2D eigenvalue weighted by atomic mass is 10.1. The van der Waals surface area contributed by atoms with Crippen molar-refractivity contribution in [1.82, 2.24) is 14.8 Å². The zero-order chi connectivity index (χ0) is 11.3. The first-order valence-corrected chi connectivity index (χ1v) is 5.42. The summed E-state index contributed by atoms with van der Waals surface area (Å²) in [6, 6.07) is 7.84. The van der Waals surface area contributed by atoms with Gasteiger partial charge in [0.2, 0.25) is 0 Å². The highest BCUT2D eigenvalue weighted by Crippen LogP contribution is 2.23. The van der Waals surface area contributed by atoms with Crippen LogP contribution < -0.4 is 0 Å². The summed E-state index contributed by atoms with van der Waals surface area (Å²) in [7, 11) is 1.90. The molecule has 0 saturated carbocycles. The van der Waals surface area contributed by atoms with Gasteiger partial charge in [0, 0.05) is 22.8 Å². The molecule has 0 saturated heterocycles. The summed E-state index contributed by atoms with van der Waals surface area (Å²) in [6.45, 7) is 1.99.